The summed E-state index contributed by atoms with van der Waals surface area (Å²) in [5.74, 6) is 0. The maximum Gasteiger partial charge on any atom is 0.508 e. The molecule has 0 aromatic rings. The van der Waals surface area contributed by atoms with Crippen LogP contribution in [0.1, 0.15) is 19.3 Å². The Labute approximate surface area is 83.8 Å². The lowest BCUT2D eigenvalue weighted by molar-refractivity contribution is 0.0283. The summed E-state index contributed by atoms with van der Waals surface area (Å²) in [4.78, 5) is 10.9. The summed E-state index contributed by atoms with van der Waals surface area (Å²) in [5, 5.41) is 0. The molecular weight excluding hydrogens is 184 g/mol. The third-order valence-electron chi connectivity index (χ3n) is 2.05. The van der Waals surface area contributed by atoms with Crippen molar-refractivity contribution in [3.05, 3.63) is 12.7 Å². The molecule has 0 aliphatic carbocycles. The molecule has 0 amide bonds. The molecule has 0 spiro atoms. The molecule has 0 aromatic heterocycles. The Hall–Kier alpha value is -1.03. The van der Waals surface area contributed by atoms with E-state index in [4.69, 9.17) is 9.47 Å². The molecule has 1 aliphatic heterocycles. The van der Waals surface area contributed by atoms with Crippen LogP contribution in [-0.4, -0.2) is 32.1 Å². The van der Waals surface area contributed by atoms with Crippen molar-refractivity contribution in [1.82, 2.24) is 0 Å². The number of carbonyl (C=O) groups is 1. The highest BCUT2D eigenvalue weighted by molar-refractivity contribution is 5.59. The van der Waals surface area contributed by atoms with Crippen molar-refractivity contribution < 1.29 is 19.0 Å². The lowest BCUT2D eigenvalue weighted by Gasteiger charge is -2.14. The number of epoxide rings is 1. The van der Waals surface area contributed by atoms with Gasteiger partial charge in [0.05, 0.1) is 19.8 Å². The molecule has 14 heavy (non-hydrogen) atoms. The normalized spacial score (nSPS) is 21.1. The van der Waals surface area contributed by atoms with Crippen LogP contribution in [0.5, 0.6) is 0 Å². The zero-order chi connectivity index (χ0) is 10.4. The molecule has 1 saturated heterocycles. The van der Waals surface area contributed by atoms with E-state index in [0.29, 0.717) is 0 Å². The van der Waals surface area contributed by atoms with Crippen molar-refractivity contribution in [2.24, 2.45) is 0 Å². The van der Waals surface area contributed by atoms with Gasteiger partial charge < -0.3 is 14.2 Å². The maximum atomic E-state index is 10.9. The fraction of sp³-hybridized carbons (Fsp3) is 0.700. The van der Waals surface area contributed by atoms with Gasteiger partial charge in [-0.1, -0.05) is 6.08 Å². The summed E-state index contributed by atoms with van der Waals surface area (Å²) < 4.78 is 14.6. The van der Waals surface area contributed by atoms with Gasteiger partial charge in [0.2, 0.25) is 0 Å². The van der Waals surface area contributed by atoms with Crippen LogP contribution < -0.4 is 0 Å². The molecule has 0 N–H and O–H groups in total. The number of methoxy groups -OCH3 is 1. The van der Waals surface area contributed by atoms with E-state index in [9.17, 15) is 4.79 Å². The first-order valence-electron chi connectivity index (χ1n) is 4.73. The van der Waals surface area contributed by atoms with E-state index in [1.165, 1.54) is 7.11 Å². The van der Waals surface area contributed by atoms with Gasteiger partial charge >= 0.3 is 6.16 Å². The van der Waals surface area contributed by atoms with Crippen molar-refractivity contribution in [3.63, 3.8) is 0 Å². The van der Waals surface area contributed by atoms with E-state index < -0.39 is 6.16 Å². The number of ether oxygens (including phenoxy) is 3. The molecule has 1 aliphatic rings. The molecule has 2 atom stereocenters. The standard InChI is InChI=1S/C10H16O4/c1-3-4-5-8(6-9-7-13-9)14-10(11)12-2/h3,8-9H,1,4-7H2,2H3. The zero-order valence-corrected chi connectivity index (χ0v) is 8.40. The fourth-order valence-corrected chi connectivity index (χ4v) is 1.21. The van der Waals surface area contributed by atoms with Crippen LogP contribution in [0.4, 0.5) is 4.79 Å². The first kappa shape index (κ1) is 11.0. The van der Waals surface area contributed by atoms with Gasteiger partial charge in [0.1, 0.15) is 6.10 Å². The Kier molecular flexibility index (Phi) is 4.46. The third-order valence-corrected chi connectivity index (χ3v) is 2.05. The van der Waals surface area contributed by atoms with E-state index in [2.05, 4.69) is 11.3 Å². The highest BCUT2D eigenvalue weighted by Gasteiger charge is 2.28. The number of rotatable bonds is 6. The number of allylic oxidation sites excluding steroid dienone is 1. The molecule has 1 rings (SSSR count). The lowest BCUT2D eigenvalue weighted by atomic mass is 10.1. The summed E-state index contributed by atoms with van der Waals surface area (Å²) in [7, 11) is 1.31. The SMILES string of the molecule is C=CCCC(CC1CO1)OC(=O)OC. The van der Waals surface area contributed by atoms with Gasteiger partial charge in [0, 0.05) is 6.42 Å². The van der Waals surface area contributed by atoms with Crippen LogP contribution in [-0.2, 0) is 14.2 Å². The van der Waals surface area contributed by atoms with Crippen molar-refractivity contribution >= 4 is 6.16 Å². The second-order valence-electron chi connectivity index (χ2n) is 3.25. The maximum absolute atomic E-state index is 10.9. The van der Waals surface area contributed by atoms with Gasteiger partial charge in [-0.05, 0) is 12.8 Å². The van der Waals surface area contributed by atoms with Gasteiger partial charge in [-0.15, -0.1) is 6.58 Å². The summed E-state index contributed by atoms with van der Waals surface area (Å²) in [6, 6.07) is 0. The van der Waals surface area contributed by atoms with Gasteiger partial charge in [0.15, 0.2) is 0 Å². The summed E-state index contributed by atoms with van der Waals surface area (Å²) >= 11 is 0. The van der Waals surface area contributed by atoms with Crippen LogP contribution in [0.3, 0.4) is 0 Å². The van der Waals surface area contributed by atoms with E-state index >= 15 is 0 Å². The lowest BCUT2D eigenvalue weighted by Crippen LogP contribution is -2.20. The predicted molar refractivity (Wildman–Crippen MR) is 51.1 cm³/mol. The monoisotopic (exact) mass is 200 g/mol. The Bertz CT molecular complexity index is 198. The molecule has 1 fully saturated rings. The van der Waals surface area contributed by atoms with E-state index in [0.717, 1.165) is 25.9 Å². The van der Waals surface area contributed by atoms with Crippen LogP contribution >= 0.6 is 0 Å². The van der Waals surface area contributed by atoms with Crippen LogP contribution in [0.25, 0.3) is 0 Å². The summed E-state index contributed by atoms with van der Waals surface area (Å²) in [5.41, 5.74) is 0. The van der Waals surface area contributed by atoms with Crippen LogP contribution in [0, 0.1) is 0 Å². The van der Waals surface area contributed by atoms with Gasteiger partial charge in [-0.3, -0.25) is 0 Å². The van der Waals surface area contributed by atoms with E-state index in [1.54, 1.807) is 6.08 Å². The minimum atomic E-state index is -0.625. The van der Waals surface area contributed by atoms with E-state index in [-0.39, 0.29) is 12.2 Å². The highest BCUT2D eigenvalue weighted by Crippen LogP contribution is 2.20. The fourth-order valence-electron chi connectivity index (χ4n) is 1.21. The Morgan fingerprint density at radius 1 is 1.79 bits per heavy atom. The molecule has 2 unspecified atom stereocenters. The van der Waals surface area contributed by atoms with Crippen molar-refractivity contribution in [2.75, 3.05) is 13.7 Å². The van der Waals surface area contributed by atoms with Crippen LogP contribution in [0.2, 0.25) is 0 Å². The van der Waals surface area contributed by atoms with Crippen molar-refractivity contribution in [2.45, 2.75) is 31.5 Å². The Balaban J connectivity index is 2.26. The minimum absolute atomic E-state index is 0.118. The number of carbonyl (C=O) groups excluding carboxylic acids is 1. The van der Waals surface area contributed by atoms with E-state index in [1.807, 2.05) is 0 Å². The molecule has 4 heteroatoms. The molecule has 0 saturated carbocycles. The minimum Gasteiger partial charge on any atom is -0.438 e. The summed E-state index contributed by atoms with van der Waals surface area (Å²) in [6.07, 6.45) is 3.68. The molecule has 0 radical (unpaired) electrons. The second-order valence-corrected chi connectivity index (χ2v) is 3.25. The van der Waals surface area contributed by atoms with Crippen LogP contribution in [0.15, 0.2) is 12.7 Å². The predicted octanol–water partition coefficient (Wildman–Crippen LogP) is 1.89. The first-order chi connectivity index (χ1) is 6.76. The summed E-state index contributed by atoms with van der Waals surface area (Å²) in [6.45, 7) is 4.40. The van der Waals surface area contributed by atoms with Crippen molar-refractivity contribution in [3.8, 4) is 0 Å². The van der Waals surface area contributed by atoms with Crippen molar-refractivity contribution in [1.29, 1.82) is 0 Å². The molecule has 1 heterocycles. The third kappa shape index (κ3) is 4.28. The van der Waals surface area contributed by atoms with Gasteiger partial charge in [-0.2, -0.15) is 0 Å². The zero-order valence-electron chi connectivity index (χ0n) is 8.40. The highest BCUT2D eigenvalue weighted by atomic mass is 16.7. The average Bonchev–Trinajstić information content (AvgIpc) is 2.97. The molecule has 80 valence electrons. The van der Waals surface area contributed by atoms with Gasteiger partial charge in [0.25, 0.3) is 0 Å². The first-order valence-corrected chi connectivity index (χ1v) is 4.73. The van der Waals surface area contributed by atoms with Gasteiger partial charge in [-0.25, -0.2) is 4.79 Å². The topological polar surface area (TPSA) is 48.1 Å². The molecular formula is C10H16O4. The largest absolute Gasteiger partial charge is 0.508 e. The Morgan fingerprint density at radius 2 is 2.50 bits per heavy atom. The smallest absolute Gasteiger partial charge is 0.438 e. The molecule has 0 bridgehead atoms. The number of hydrogen-bond acceptors (Lipinski definition) is 4. The molecule has 0 aromatic carbocycles. The second kappa shape index (κ2) is 5.65. The number of hydrogen-bond donors (Lipinski definition) is 0. The quantitative estimate of drug-likeness (QED) is 0.373. The molecule has 4 nitrogen and oxygen atoms in total. The average molecular weight is 200 g/mol. The Morgan fingerprint density at radius 3 is 3.00 bits per heavy atom.